The summed E-state index contributed by atoms with van der Waals surface area (Å²) in [7, 11) is 0. The van der Waals surface area contributed by atoms with Gasteiger partial charge in [-0.1, -0.05) is 25.7 Å². The molecule has 6 aromatic rings. The van der Waals surface area contributed by atoms with Crippen LogP contribution in [0.15, 0.2) is 75.1 Å². The molecule has 3 aromatic heterocycles. The zero-order valence-electron chi connectivity index (χ0n) is 23.9. The van der Waals surface area contributed by atoms with Gasteiger partial charge < -0.3 is 25.9 Å². The van der Waals surface area contributed by atoms with Gasteiger partial charge in [0.05, 0.1) is 34.2 Å². The van der Waals surface area contributed by atoms with Crippen LogP contribution < -0.4 is 11.5 Å². The number of imidazole rings is 2. The third kappa shape index (κ3) is 4.94. The number of nitrogens with zero attached hydrogens (tertiary/aromatic N) is 4. The Morgan fingerprint density at radius 3 is 1.84 bits per heavy atom. The van der Waals surface area contributed by atoms with Crippen LogP contribution in [0.25, 0.3) is 56.0 Å². The maximum Gasteiger partial charge on any atom is 0.174 e. The Hall–Kier alpha value is -4.92. The molecule has 3 heterocycles. The van der Waals surface area contributed by atoms with Crippen molar-refractivity contribution in [2.24, 2.45) is 21.5 Å². The molecule has 6 N–H and O–H groups in total. The highest BCUT2D eigenvalue weighted by Crippen LogP contribution is 2.32. The largest absolute Gasteiger partial charge is 0.453 e. The average molecular weight is 571 g/mol. The quantitative estimate of drug-likeness (QED) is 0.128. The average Bonchev–Trinajstić information content (AvgIpc) is 3.85. The van der Waals surface area contributed by atoms with Crippen LogP contribution in [0.4, 0.5) is 0 Å². The third-order valence-electron chi connectivity index (χ3n) is 8.87. The van der Waals surface area contributed by atoms with Crippen molar-refractivity contribution in [3.8, 4) is 23.0 Å². The van der Waals surface area contributed by atoms with Crippen LogP contribution in [0.1, 0.15) is 62.5 Å². The van der Waals surface area contributed by atoms with Gasteiger partial charge in [0.1, 0.15) is 23.1 Å². The van der Waals surface area contributed by atoms with Gasteiger partial charge in [0.25, 0.3) is 0 Å². The molecule has 2 saturated carbocycles. The molecule has 0 saturated heterocycles. The van der Waals surface area contributed by atoms with Gasteiger partial charge in [0, 0.05) is 22.1 Å². The van der Waals surface area contributed by atoms with E-state index in [9.17, 15) is 0 Å². The lowest BCUT2D eigenvalue weighted by Gasteiger charge is -2.05. The van der Waals surface area contributed by atoms with Crippen LogP contribution in [0.3, 0.4) is 0 Å². The molecule has 0 aliphatic heterocycles. The van der Waals surface area contributed by atoms with E-state index in [1.165, 1.54) is 25.7 Å². The van der Waals surface area contributed by atoms with Crippen molar-refractivity contribution in [1.82, 2.24) is 19.9 Å². The van der Waals surface area contributed by atoms with Gasteiger partial charge >= 0.3 is 0 Å². The Balaban J connectivity index is 1.06. The summed E-state index contributed by atoms with van der Waals surface area (Å²) in [5, 5.41) is 0.968. The number of furan rings is 1. The molecule has 216 valence electrons. The molecule has 0 amide bonds. The second-order valence-electron chi connectivity index (χ2n) is 11.9. The first kappa shape index (κ1) is 25.8. The molecule has 0 bridgehead atoms. The van der Waals surface area contributed by atoms with E-state index < -0.39 is 0 Å². The number of fused-ring (bicyclic) bond motifs is 3. The van der Waals surface area contributed by atoms with Gasteiger partial charge in [0.15, 0.2) is 11.6 Å². The summed E-state index contributed by atoms with van der Waals surface area (Å²) < 4.78 is 6.20. The van der Waals surface area contributed by atoms with E-state index in [-0.39, 0.29) is 0 Å². The maximum atomic E-state index is 6.36. The molecule has 9 heteroatoms. The fourth-order valence-electron chi connectivity index (χ4n) is 6.51. The van der Waals surface area contributed by atoms with Crippen LogP contribution >= 0.6 is 0 Å². The highest BCUT2D eigenvalue weighted by atomic mass is 16.3. The summed E-state index contributed by atoms with van der Waals surface area (Å²) >= 11 is 0. The van der Waals surface area contributed by atoms with Crippen LogP contribution in [-0.2, 0) is 0 Å². The zero-order chi connectivity index (χ0) is 28.9. The molecule has 2 aliphatic carbocycles. The second kappa shape index (κ2) is 10.4. The van der Waals surface area contributed by atoms with Crippen molar-refractivity contribution in [3.63, 3.8) is 0 Å². The Labute approximate surface area is 248 Å². The number of nitrogens with two attached hydrogens (primary N) is 2. The molecule has 0 atom stereocenters. The van der Waals surface area contributed by atoms with Gasteiger partial charge in [-0.2, -0.15) is 0 Å². The predicted molar refractivity (Wildman–Crippen MR) is 172 cm³/mol. The van der Waals surface area contributed by atoms with Crippen LogP contribution in [0.2, 0.25) is 0 Å². The smallest absolute Gasteiger partial charge is 0.174 e. The number of aliphatic imine (C=N–C) groups is 2. The SMILES string of the molecule is NC(=NC1CCCC1)c1ccc2nc(-c3ccc4oc(-c5nc6ccc(C(N)=NC7CCCC7)cc6[nH]5)cc4c3)[nH]c2c1. The standard InChI is InChI=1S/C34H34N8O/c35-31(37-23-5-1-2-6-23)19-9-12-25-27(16-19)41-33(39-25)21-11-14-29-22(15-21)18-30(43-29)34-40-26-13-10-20(17-28(26)42-34)32(36)38-24-7-3-4-8-24/h9-18,23-24H,1-8H2,(H2,35,37)(H2,36,38)(H,39,41)(H,40,42). The molecular weight excluding hydrogens is 536 g/mol. The summed E-state index contributed by atoms with van der Waals surface area (Å²) in [6, 6.07) is 20.8. The van der Waals surface area contributed by atoms with E-state index >= 15 is 0 Å². The summed E-state index contributed by atoms with van der Waals surface area (Å²) in [5.41, 5.74) is 19.9. The number of hydrogen-bond acceptors (Lipinski definition) is 5. The molecule has 2 fully saturated rings. The minimum atomic E-state index is 0.338. The number of amidine groups is 2. The van der Waals surface area contributed by atoms with Crippen molar-refractivity contribution in [3.05, 3.63) is 71.8 Å². The molecule has 0 spiro atoms. The number of aromatic nitrogens is 4. The number of H-pyrrole nitrogens is 2. The van der Waals surface area contributed by atoms with Gasteiger partial charge in [-0.05, 0) is 86.3 Å². The van der Waals surface area contributed by atoms with Crippen molar-refractivity contribution < 1.29 is 4.42 Å². The molecule has 43 heavy (non-hydrogen) atoms. The number of rotatable bonds is 6. The van der Waals surface area contributed by atoms with Crippen LogP contribution in [-0.4, -0.2) is 43.7 Å². The first-order chi connectivity index (χ1) is 21.1. The minimum Gasteiger partial charge on any atom is -0.453 e. The monoisotopic (exact) mass is 570 g/mol. The summed E-state index contributed by atoms with van der Waals surface area (Å²) in [5.74, 6) is 3.31. The minimum absolute atomic E-state index is 0.338. The second-order valence-corrected chi connectivity index (χ2v) is 11.9. The number of benzene rings is 3. The predicted octanol–water partition coefficient (Wildman–Crippen LogP) is 6.82. The Morgan fingerprint density at radius 2 is 1.23 bits per heavy atom. The van der Waals surface area contributed by atoms with Crippen LogP contribution in [0, 0.1) is 0 Å². The van der Waals surface area contributed by atoms with Crippen molar-refractivity contribution >= 4 is 44.7 Å². The highest BCUT2D eigenvalue weighted by Gasteiger charge is 2.17. The molecule has 9 nitrogen and oxygen atoms in total. The summed E-state index contributed by atoms with van der Waals surface area (Å²) in [4.78, 5) is 26.0. The normalized spacial score (nSPS) is 17.3. The zero-order valence-corrected chi connectivity index (χ0v) is 23.9. The number of nitrogens with one attached hydrogen (secondary N) is 2. The number of aromatic amines is 2. The molecular formula is C34H34N8O. The van der Waals surface area contributed by atoms with Crippen molar-refractivity contribution in [2.75, 3.05) is 0 Å². The fourth-order valence-corrected chi connectivity index (χ4v) is 6.51. The first-order valence-corrected chi connectivity index (χ1v) is 15.3. The van der Waals surface area contributed by atoms with E-state index in [2.05, 4.69) is 16.0 Å². The molecule has 0 radical (unpaired) electrons. The Morgan fingerprint density at radius 1 is 0.674 bits per heavy atom. The topological polar surface area (TPSA) is 147 Å². The Kier molecular flexibility index (Phi) is 6.24. The number of hydrogen-bond donors (Lipinski definition) is 4. The van der Waals surface area contributed by atoms with Crippen molar-refractivity contribution in [2.45, 2.75) is 63.5 Å². The lowest BCUT2D eigenvalue weighted by atomic mass is 10.1. The van der Waals surface area contributed by atoms with Gasteiger partial charge in [-0.25, -0.2) is 9.97 Å². The summed E-state index contributed by atoms with van der Waals surface area (Å²) in [6.45, 7) is 0. The molecule has 2 aliphatic rings. The maximum absolute atomic E-state index is 6.36. The molecule has 8 rings (SSSR count). The van der Waals surface area contributed by atoms with E-state index in [0.717, 1.165) is 81.2 Å². The van der Waals surface area contributed by atoms with Gasteiger partial charge in [-0.15, -0.1) is 0 Å². The third-order valence-corrected chi connectivity index (χ3v) is 8.87. The Bertz CT molecular complexity index is 1920. The lowest BCUT2D eigenvalue weighted by Crippen LogP contribution is -2.16. The first-order valence-electron chi connectivity index (χ1n) is 15.3. The van der Waals surface area contributed by atoms with E-state index in [4.69, 9.17) is 35.8 Å². The van der Waals surface area contributed by atoms with Gasteiger partial charge in [-0.3, -0.25) is 9.98 Å². The van der Waals surface area contributed by atoms with E-state index in [1.54, 1.807) is 0 Å². The lowest BCUT2D eigenvalue weighted by molar-refractivity contribution is 0.627. The highest BCUT2D eigenvalue weighted by molar-refractivity contribution is 6.01. The van der Waals surface area contributed by atoms with Gasteiger partial charge in [0.2, 0.25) is 0 Å². The van der Waals surface area contributed by atoms with Crippen molar-refractivity contribution in [1.29, 1.82) is 0 Å². The van der Waals surface area contributed by atoms with E-state index in [0.29, 0.717) is 35.3 Å². The summed E-state index contributed by atoms with van der Waals surface area (Å²) in [6.07, 6.45) is 9.41. The molecule has 3 aromatic carbocycles. The fraction of sp³-hybridized carbons (Fsp3) is 0.294. The van der Waals surface area contributed by atoms with Crippen LogP contribution in [0.5, 0.6) is 0 Å². The van der Waals surface area contributed by atoms with E-state index in [1.807, 2.05) is 54.6 Å². The molecule has 0 unspecified atom stereocenters.